The molecular weight excluding hydrogens is 282 g/mol. The van der Waals surface area contributed by atoms with Crippen molar-refractivity contribution in [1.29, 1.82) is 0 Å². The summed E-state index contributed by atoms with van der Waals surface area (Å²) >= 11 is 3.42. The van der Waals surface area contributed by atoms with E-state index in [2.05, 4.69) is 26.0 Å². The lowest BCUT2D eigenvalue weighted by Crippen LogP contribution is -2.10. The Morgan fingerprint density at radius 2 is 2.29 bits per heavy atom. The van der Waals surface area contributed by atoms with Crippen LogP contribution in [0.3, 0.4) is 0 Å². The van der Waals surface area contributed by atoms with Crippen LogP contribution in [0.25, 0.3) is 0 Å². The molecule has 1 N–H and O–H groups in total. The van der Waals surface area contributed by atoms with E-state index in [0.29, 0.717) is 0 Å². The predicted molar refractivity (Wildman–Crippen MR) is 68.6 cm³/mol. The molecule has 2 aromatic rings. The molecule has 1 unspecified atom stereocenters. The number of aliphatic hydroxyl groups is 1. The Balaban J connectivity index is 2.43. The SMILES string of the molecule is CCn1ncc(Br)c1C(O)c1ccnc(C)c1. The molecule has 17 heavy (non-hydrogen) atoms. The molecule has 0 aliphatic rings. The van der Waals surface area contributed by atoms with E-state index < -0.39 is 6.10 Å². The van der Waals surface area contributed by atoms with Crippen LogP contribution in [-0.2, 0) is 6.54 Å². The summed E-state index contributed by atoms with van der Waals surface area (Å²) in [6, 6.07) is 3.70. The van der Waals surface area contributed by atoms with Crippen LogP contribution in [0.2, 0.25) is 0 Å². The van der Waals surface area contributed by atoms with Gasteiger partial charge in [0, 0.05) is 18.4 Å². The van der Waals surface area contributed by atoms with Gasteiger partial charge in [-0.05, 0) is 47.5 Å². The van der Waals surface area contributed by atoms with E-state index in [9.17, 15) is 5.11 Å². The average molecular weight is 296 g/mol. The maximum absolute atomic E-state index is 10.4. The number of aryl methyl sites for hydroxylation is 2. The summed E-state index contributed by atoms with van der Waals surface area (Å²) in [5, 5.41) is 14.6. The van der Waals surface area contributed by atoms with Crippen molar-refractivity contribution in [3.8, 4) is 0 Å². The maximum Gasteiger partial charge on any atom is 0.122 e. The highest BCUT2D eigenvalue weighted by Gasteiger charge is 2.19. The lowest BCUT2D eigenvalue weighted by atomic mass is 10.1. The van der Waals surface area contributed by atoms with Gasteiger partial charge in [-0.3, -0.25) is 9.67 Å². The molecule has 4 nitrogen and oxygen atoms in total. The van der Waals surface area contributed by atoms with Crippen molar-refractivity contribution < 1.29 is 5.11 Å². The molecule has 0 aliphatic carbocycles. The van der Waals surface area contributed by atoms with Crippen LogP contribution in [0.15, 0.2) is 29.0 Å². The first-order chi connectivity index (χ1) is 8.13. The molecule has 2 aromatic heterocycles. The lowest BCUT2D eigenvalue weighted by Gasteiger charge is -2.13. The molecule has 0 bridgehead atoms. The third-order valence-corrected chi connectivity index (χ3v) is 3.24. The zero-order chi connectivity index (χ0) is 12.4. The molecule has 5 heteroatoms. The number of hydrogen-bond acceptors (Lipinski definition) is 3. The fraction of sp³-hybridized carbons (Fsp3) is 0.333. The van der Waals surface area contributed by atoms with Gasteiger partial charge in [-0.1, -0.05) is 0 Å². The Morgan fingerprint density at radius 3 is 2.94 bits per heavy atom. The Hall–Kier alpha value is -1.20. The van der Waals surface area contributed by atoms with Crippen LogP contribution in [0, 0.1) is 6.92 Å². The topological polar surface area (TPSA) is 50.9 Å². The first-order valence-corrected chi connectivity index (χ1v) is 6.24. The zero-order valence-electron chi connectivity index (χ0n) is 9.76. The number of halogens is 1. The van der Waals surface area contributed by atoms with Crippen molar-refractivity contribution in [2.45, 2.75) is 26.5 Å². The lowest BCUT2D eigenvalue weighted by molar-refractivity contribution is 0.207. The van der Waals surface area contributed by atoms with Gasteiger partial charge >= 0.3 is 0 Å². The first kappa shape index (κ1) is 12.3. The average Bonchev–Trinajstić information content (AvgIpc) is 2.69. The summed E-state index contributed by atoms with van der Waals surface area (Å²) < 4.78 is 2.60. The van der Waals surface area contributed by atoms with Crippen LogP contribution < -0.4 is 0 Å². The second-order valence-corrected chi connectivity index (χ2v) is 4.68. The van der Waals surface area contributed by atoms with Crippen molar-refractivity contribution >= 4 is 15.9 Å². The molecule has 90 valence electrons. The molecule has 0 aromatic carbocycles. The summed E-state index contributed by atoms with van der Waals surface area (Å²) in [5.74, 6) is 0. The van der Waals surface area contributed by atoms with E-state index in [-0.39, 0.29) is 0 Å². The van der Waals surface area contributed by atoms with Gasteiger partial charge in [0.05, 0.1) is 16.4 Å². The van der Waals surface area contributed by atoms with Crippen molar-refractivity contribution in [2.24, 2.45) is 0 Å². The van der Waals surface area contributed by atoms with Crippen LogP contribution in [0.5, 0.6) is 0 Å². The Labute approximate surface area is 108 Å². The van der Waals surface area contributed by atoms with E-state index in [4.69, 9.17) is 0 Å². The van der Waals surface area contributed by atoms with Gasteiger partial charge in [-0.25, -0.2) is 0 Å². The molecule has 1 atom stereocenters. The number of hydrogen-bond donors (Lipinski definition) is 1. The zero-order valence-corrected chi connectivity index (χ0v) is 11.3. The number of pyridine rings is 1. The third kappa shape index (κ3) is 2.40. The second kappa shape index (κ2) is 4.98. The molecule has 0 amide bonds. The van der Waals surface area contributed by atoms with E-state index >= 15 is 0 Å². The van der Waals surface area contributed by atoms with Crippen LogP contribution >= 0.6 is 15.9 Å². The molecular formula is C12H14BrN3O. The maximum atomic E-state index is 10.4. The molecule has 0 saturated carbocycles. The van der Waals surface area contributed by atoms with Crippen molar-refractivity contribution in [2.75, 3.05) is 0 Å². The Bertz CT molecular complexity index is 524. The minimum atomic E-state index is -0.687. The molecule has 0 aliphatic heterocycles. The smallest absolute Gasteiger partial charge is 0.122 e. The minimum Gasteiger partial charge on any atom is -0.382 e. The summed E-state index contributed by atoms with van der Waals surface area (Å²) in [4.78, 5) is 4.12. The van der Waals surface area contributed by atoms with Gasteiger partial charge in [0.15, 0.2) is 0 Å². The van der Waals surface area contributed by atoms with Crippen LogP contribution in [0.1, 0.15) is 30.0 Å². The standard InChI is InChI=1S/C12H14BrN3O/c1-3-16-11(10(13)7-15-16)12(17)9-4-5-14-8(2)6-9/h4-7,12,17H,3H2,1-2H3. The Kier molecular flexibility index (Phi) is 3.59. The third-order valence-electron chi connectivity index (χ3n) is 2.63. The van der Waals surface area contributed by atoms with Gasteiger partial charge in [0.2, 0.25) is 0 Å². The van der Waals surface area contributed by atoms with Gasteiger partial charge in [0.25, 0.3) is 0 Å². The van der Waals surface area contributed by atoms with Gasteiger partial charge in [0.1, 0.15) is 6.10 Å². The predicted octanol–water partition coefficient (Wildman–Crippen LogP) is 2.45. The second-order valence-electron chi connectivity index (χ2n) is 3.83. The van der Waals surface area contributed by atoms with E-state index in [1.54, 1.807) is 17.1 Å². The molecule has 2 rings (SSSR count). The highest BCUT2D eigenvalue weighted by atomic mass is 79.9. The number of aliphatic hydroxyl groups excluding tert-OH is 1. The molecule has 0 spiro atoms. The normalized spacial score (nSPS) is 12.7. The molecule has 2 heterocycles. The van der Waals surface area contributed by atoms with Gasteiger partial charge in [-0.15, -0.1) is 0 Å². The van der Waals surface area contributed by atoms with E-state index in [1.165, 1.54) is 0 Å². The molecule has 0 fully saturated rings. The largest absolute Gasteiger partial charge is 0.382 e. The van der Waals surface area contributed by atoms with Crippen LogP contribution in [-0.4, -0.2) is 19.9 Å². The molecule has 0 radical (unpaired) electrons. The number of aromatic nitrogens is 3. The van der Waals surface area contributed by atoms with Crippen molar-refractivity contribution in [1.82, 2.24) is 14.8 Å². The Morgan fingerprint density at radius 1 is 1.53 bits per heavy atom. The molecule has 0 saturated heterocycles. The number of rotatable bonds is 3. The highest BCUT2D eigenvalue weighted by molar-refractivity contribution is 9.10. The van der Waals surface area contributed by atoms with Crippen molar-refractivity contribution in [3.63, 3.8) is 0 Å². The minimum absolute atomic E-state index is 0.687. The summed E-state index contributed by atoms with van der Waals surface area (Å²) in [5.41, 5.74) is 2.49. The fourth-order valence-electron chi connectivity index (χ4n) is 1.79. The summed E-state index contributed by atoms with van der Waals surface area (Å²) in [6.45, 7) is 4.62. The summed E-state index contributed by atoms with van der Waals surface area (Å²) in [7, 11) is 0. The van der Waals surface area contributed by atoms with Crippen LogP contribution in [0.4, 0.5) is 0 Å². The fourth-order valence-corrected chi connectivity index (χ4v) is 2.30. The van der Waals surface area contributed by atoms with Gasteiger partial charge in [-0.2, -0.15) is 5.10 Å². The van der Waals surface area contributed by atoms with Crippen molar-refractivity contribution in [3.05, 3.63) is 46.0 Å². The van der Waals surface area contributed by atoms with Gasteiger partial charge < -0.3 is 5.11 Å². The highest BCUT2D eigenvalue weighted by Crippen LogP contribution is 2.28. The quantitative estimate of drug-likeness (QED) is 0.946. The monoisotopic (exact) mass is 295 g/mol. The number of nitrogens with zero attached hydrogens (tertiary/aromatic N) is 3. The van der Waals surface area contributed by atoms with E-state index in [0.717, 1.165) is 28.0 Å². The van der Waals surface area contributed by atoms with E-state index in [1.807, 2.05) is 26.0 Å². The summed E-state index contributed by atoms with van der Waals surface area (Å²) in [6.07, 6.45) is 2.72. The first-order valence-electron chi connectivity index (χ1n) is 5.45.